The average Bonchev–Trinajstić information content (AvgIpc) is 3.11. The van der Waals surface area contributed by atoms with Gasteiger partial charge in [-0.1, -0.05) is 17.7 Å². The van der Waals surface area contributed by atoms with E-state index in [2.05, 4.69) is 31.4 Å². The fraction of sp³-hybridized carbons (Fsp3) is 0.0952. The lowest BCUT2D eigenvalue weighted by Crippen LogP contribution is -2.11. The van der Waals surface area contributed by atoms with Crippen LogP contribution < -0.4 is 10.1 Å². The summed E-state index contributed by atoms with van der Waals surface area (Å²) in [4.78, 5) is 14.1. The van der Waals surface area contributed by atoms with Crippen molar-refractivity contribution in [2.45, 2.75) is 6.92 Å². The molecule has 28 heavy (non-hydrogen) atoms. The van der Waals surface area contributed by atoms with Crippen molar-refractivity contribution in [3.05, 3.63) is 76.3 Å². The Kier molecular flexibility index (Phi) is 4.83. The zero-order chi connectivity index (χ0) is 19.7. The summed E-state index contributed by atoms with van der Waals surface area (Å²) in [5, 5.41) is 11.9. The first-order valence-corrected chi connectivity index (χ1v) is 9.42. The number of nitrogens with one attached hydrogen (secondary N) is 1. The van der Waals surface area contributed by atoms with Crippen molar-refractivity contribution in [3.8, 4) is 11.4 Å². The highest BCUT2D eigenvalue weighted by Gasteiger charge is 2.11. The monoisotopic (exact) mass is 436 g/mol. The molecule has 4 aromatic rings. The number of rotatable bonds is 4. The van der Waals surface area contributed by atoms with E-state index in [1.807, 2.05) is 49.4 Å². The SMILES string of the molecule is COc1ccc(C(=O)Nc2ccc3nn(-c4ccc(C)cc4)nc3c2)cc1Br. The molecule has 0 aliphatic carbocycles. The van der Waals surface area contributed by atoms with Crippen LogP contribution in [0.5, 0.6) is 5.75 Å². The molecule has 1 amide bonds. The van der Waals surface area contributed by atoms with Gasteiger partial charge in [0.25, 0.3) is 5.91 Å². The highest BCUT2D eigenvalue weighted by atomic mass is 79.9. The van der Waals surface area contributed by atoms with Gasteiger partial charge in [0.2, 0.25) is 0 Å². The first-order valence-electron chi connectivity index (χ1n) is 8.62. The Balaban J connectivity index is 1.58. The van der Waals surface area contributed by atoms with Gasteiger partial charge < -0.3 is 10.1 Å². The number of aryl methyl sites for hydroxylation is 1. The number of fused-ring (bicyclic) bond motifs is 1. The van der Waals surface area contributed by atoms with E-state index >= 15 is 0 Å². The zero-order valence-electron chi connectivity index (χ0n) is 15.3. The predicted molar refractivity (Wildman–Crippen MR) is 112 cm³/mol. The number of anilines is 1. The van der Waals surface area contributed by atoms with Crippen LogP contribution in [0, 0.1) is 6.92 Å². The Morgan fingerprint density at radius 3 is 2.46 bits per heavy atom. The molecule has 1 N–H and O–H groups in total. The largest absolute Gasteiger partial charge is 0.496 e. The number of hydrogen-bond donors (Lipinski definition) is 1. The standard InChI is InChI=1S/C21H17BrN4O2/c1-13-3-7-16(8-4-13)26-24-18-9-6-15(12-19(18)25-26)23-21(27)14-5-10-20(28-2)17(22)11-14/h3-12H,1-2H3,(H,23,27). The highest BCUT2D eigenvalue weighted by molar-refractivity contribution is 9.10. The number of benzene rings is 3. The van der Waals surface area contributed by atoms with E-state index in [0.717, 1.165) is 15.7 Å². The quantitative estimate of drug-likeness (QED) is 0.500. The van der Waals surface area contributed by atoms with Crippen molar-refractivity contribution >= 4 is 38.6 Å². The molecule has 6 nitrogen and oxygen atoms in total. The fourth-order valence-corrected chi connectivity index (χ4v) is 3.34. The molecule has 1 heterocycles. The molecule has 7 heteroatoms. The molecule has 3 aromatic carbocycles. The van der Waals surface area contributed by atoms with Crippen LogP contribution >= 0.6 is 15.9 Å². The molecule has 140 valence electrons. The summed E-state index contributed by atoms with van der Waals surface area (Å²) in [6, 6.07) is 18.6. The van der Waals surface area contributed by atoms with Crippen LogP contribution in [-0.4, -0.2) is 28.0 Å². The number of halogens is 1. The van der Waals surface area contributed by atoms with Gasteiger partial charge in [-0.3, -0.25) is 4.79 Å². The molecule has 0 fully saturated rings. The van der Waals surface area contributed by atoms with E-state index in [1.165, 1.54) is 5.56 Å². The van der Waals surface area contributed by atoms with E-state index in [1.54, 1.807) is 30.1 Å². The van der Waals surface area contributed by atoms with Crippen LogP contribution in [0.25, 0.3) is 16.7 Å². The lowest BCUT2D eigenvalue weighted by atomic mass is 10.2. The summed E-state index contributed by atoms with van der Waals surface area (Å²) in [6.45, 7) is 2.03. The van der Waals surface area contributed by atoms with Gasteiger partial charge in [-0.15, -0.1) is 10.2 Å². The van der Waals surface area contributed by atoms with Crippen molar-refractivity contribution in [2.24, 2.45) is 0 Å². The maximum absolute atomic E-state index is 12.5. The molecule has 0 aliphatic rings. The van der Waals surface area contributed by atoms with Gasteiger partial charge in [-0.2, -0.15) is 4.80 Å². The highest BCUT2D eigenvalue weighted by Crippen LogP contribution is 2.26. The maximum atomic E-state index is 12.5. The van der Waals surface area contributed by atoms with E-state index in [-0.39, 0.29) is 5.91 Å². The lowest BCUT2D eigenvalue weighted by Gasteiger charge is -2.07. The average molecular weight is 437 g/mol. The summed E-state index contributed by atoms with van der Waals surface area (Å²) in [5.41, 5.74) is 4.70. The van der Waals surface area contributed by atoms with Crippen LogP contribution in [-0.2, 0) is 0 Å². The minimum Gasteiger partial charge on any atom is -0.496 e. The van der Waals surface area contributed by atoms with E-state index in [4.69, 9.17) is 4.74 Å². The summed E-state index contributed by atoms with van der Waals surface area (Å²) in [7, 11) is 1.58. The molecule has 0 atom stereocenters. The Morgan fingerprint density at radius 1 is 1.00 bits per heavy atom. The van der Waals surface area contributed by atoms with Gasteiger partial charge in [0.05, 0.1) is 17.3 Å². The minimum absolute atomic E-state index is 0.214. The molecule has 0 spiro atoms. The second kappa shape index (κ2) is 7.44. The molecule has 0 bridgehead atoms. The zero-order valence-corrected chi connectivity index (χ0v) is 16.9. The van der Waals surface area contributed by atoms with Gasteiger partial charge in [-0.25, -0.2) is 0 Å². The lowest BCUT2D eigenvalue weighted by molar-refractivity contribution is 0.102. The summed E-state index contributed by atoms with van der Waals surface area (Å²) in [5.74, 6) is 0.458. The maximum Gasteiger partial charge on any atom is 0.255 e. The Bertz CT molecular complexity index is 1170. The molecular weight excluding hydrogens is 420 g/mol. The van der Waals surface area contributed by atoms with Gasteiger partial charge >= 0.3 is 0 Å². The van der Waals surface area contributed by atoms with Crippen LogP contribution in [0.3, 0.4) is 0 Å². The molecule has 0 radical (unpaired) electrons. The van der Waals surface area contributed by atoms with Crippen molar-refractivity contribution in [3.63, 3.8) is 0 Å². The first kappa shape index (κ1) is 18.2. The molecule has 4 rings (SSSR count). The number of amides is 1. The molecule has 0 aliphatic heterocycles. The van der Waals surface area contributed by atoms with Crippen LogP contribution in [0.2, 0.25) is 0 Å². The van der Waals surface area contributed by atoms with Crippen molar-refractivity contribution in [2.75, 3.05) is 12.4 Å². The topological polar surface area (TPSA) is 69.0 Å². The van der Waals surface area contributed by atoms with Crippen LogP contribution in [0.4, 0.5) is 5.69 Å². The van der Waals surface area contributed by atoms with Crippen molar-refractivity contribution in [1.29, 1.82) is 0 Å². The number of nitrogens with zero attached hydrogens (tertiary/aromatic N) is 3. The summed E-state index contributed by atoms with van der Waals surface area (Å²) >= 11 is 3.40. The number of hydrogen-bond acceptors (Lipinski definition) is 4. The number of carbonyl (C=O) groups excluding carboxylic acids is 1. The van der Waals surface area contributed by atoms with Crippen molar-refractivity contribution in [1.82, 2.24) is 15.0 Å². The number of aromatic nitrogens is 3. The number of ether oxygens (including phenoxy) is 1. The Morgan fingerprint density at radius 2 is 1.75 bits per heavy atom. The van der Waals surface area contributed by atoms with Crippen LogP contribution in [0.1, 0.15) is 15.9 Å². The van der Waals surface area contributed by atoms with E-state index in [0.29, 0.717) is 22.5 Å². The Hall–Kier alpha value is -3.19. The van der Waals surface area contributed by atoms with E-state index in [9.17, 15) is 4.79 Å². The second-order valence-electron chi connectivity index (χ2n) is 6.33. The third kappa shape index (κ3) is 3.61. The second-order valence-corrected chi connectivity index (χ2v) is 7.19. The number of methoxy groups -OCH3 is 1. The fourth-order valence-electron chi connectivity index (χ4n) is 2.80. The van der Waals surface area contributed by atoms with E-state index < -0.39 is 0 Å². The molecule has 1 aromatic heterocycles. The molecule has 0 saturated carbocycles. The third-order valence-corrected chi connectivity index (χ3v) is 4.94. The van der Waals surface area contributed by atoms with Crippen LogP contribution in [0.15, 0.2) is 65.1 Å². The Labute approximate surface area is 170 Å². The summed E-state index contributed by atoms with van der Waals surface area (Å²) < 4.78 is 5.92. The minimum atomic E-state index is -0.214. The van der Waals surface area contributed by atoms with Gasteiger partial charge in [0, 0.05) is 11.3 Å². The molecular formula is C21H17BrN4O2. The van der Waals surface area contributed by atoms with Gasteiger partial charge in [0.15, 0.2) is 0 Å². The smallest absolute Gasteiger partial charge is 0.255 e. The number of carbonyl (C=O) groups is 1. The van der Waals surface area contributed by atoms with Crippen molar-refractivity contribution < 1.29 is 9.53 Å². The molecule has 0 saturated heterocycles. The van der Waals surface area contributed by atoms with Gasteiger partial charge in [-0.05, 0) is 71.4 Å². The summed E-state index contributed by atoms with van der Waals surface area (Å²) in [6.07, 6.45) is 0. The predicted octanol–water partition coefficient (Wildman–Crippen LogP) is 4.75. The first-order chi connectivity index (χ1) is 13.5. The normalized spacial score (nSPS) is 10.8. The molecule has 0 unspecified atom stereocenters. The third-order valence-electron chi connectivity index (χ3n) is 4.32. The van der Waals surface area contributed by atoms with Gasteiger partial charge in [0.1, 0.15) is 16.8 Å².